The Labute approximate surface area is 153 Å². The lowest BCUT2D eigenvalue weighted by Crippen LogP contribution is -2.31. The smallest absolute Gasteiger partial charge is 0.0658 e. The van der Waals surface area contributed by atoms with Crippen molar-refractivity contribution in [2.45, 2.75) is 52.6 Å². The lowest BCUT2D eigenvalue weighted by Gasteiger charge is -2.31. The molecule has 2 aromatic rings. The van der Waals surface area contributed by atoms with Gasteiger partial charge in [0, 0.05) is 0 Å². The summed E-state index contributed by atoms with van der Waals surface area (Å²) in [5.41, 5.74) is 9.54. The Balaban J connectivity index is 1.92. The Morgan fingerprint density at radius 1 is 0.680 bits per heavy atom. The Morgan fingerprint density at radius 3 is 1.48 bits per heavy atom. The largest absolute Gasteiger partial charge is 0.113 e. The lowest BCUT2D eigenvalue weighted by molar-refractivity contribution is 1.03. The van der Waals surface area contributed by atoms with Gasteiger partial charge in [-0.25, -0.2) is 0 Å². The van der Waals surface area contributed by atoms with Crippen molar-refractivity contribution in [3.05, 3.63) is 81.9 Å². The van der Waals surface area contributed by atoms with Gasteiger partial charge in [-0.1, -0.05) is 86.6 Å². The highest BCUT2D eigenvalue weighted by Crippen LogP contribution is 2.49. The summed E-state index contributed by atoms with van der Waals surface area (Å²) in [6, 6.07) is 18.3. The fourth-order valence-corrected chi connectivity index (χ4v) is 9.52. The van der Waals surface area contributed by atoms with Crippen LogP contribution in [-0.2, 0) is 12.8 Å². The molecule has 25 heavy (non-hydrogen) atoms. The molecule has 0 amide bonds. The van der Waals surface area contributed by atoms with Gasteiger partial charge in [0.05, 0.1) is 0 Å². The predicted molar refractivity (Wildman–Crippen MR) is 112 cm³/mol. The summed E-state index contributed by atoms with van der Waals surface area (Å²) in [5, 5.41) is 3.45. The van der Waals surface area contributed by atoms with Gasteiger partial charge in [-0.05, 0) is 58.3 Å². The van der Waals surface area contributed by atoms with Gasteiger partial charge in [-0.15, -0.1) is 0 Å². The van der Waals surface area contributed by atoms with E-state index < -0.39 is 8.07 Å². The molecule has 0 unspecified atom stereocenters. The normalized spacial score (nSPS) is 16.5. The van der Waals surface area contributed by atoms with Crippen LogP contribution in [0.2, 0.25) is 13.1 Å². The quantitative estimate of drug-likeness (QED) is 0.547. The van der Waals surface area contributed by atoms with Crippen LogP contribution in [0, 0.1) is 0 Å². The van der Waals surface area contributed by atoms with Crippen molar-refractivity contribution >= 4 is 18.5 Å². The van der Waals surface area contributed by atoms with Crippen LogP contribution in [0.5, 0.6) is 0 Å². The summed E-state index contributed by atoms with van der Waals surface area (Å²) in [6.45, 7) is 9.85. The standard InChI is InChI=1S/C24H28Si/c1-5-17-15-19-11-7-9-13-21(19)23(17)25(3,4)24-18(6-2)16-20-12-8-10-14-22(20)24/h7-14H,5-6,15-16H2,1-4H3. The molecule has 0 aliphatic heterocycles. The molecule has 2 aliphatic carbocycles. The second-order valence-electron chi connectivity index (χ2n) is 7.96. The third kappa shape index (κ3) is 2.48. The first-order valence-corrected chi connectivity index (χ1v) is 12.7. The van der Waals surface area contributed by atoms with Gasteiger partial charge in [0.25, 0.3) is 0 Å². The third-order valence-corrected chi connectivity index (χ3v) is 9.94. The van der Waals surface area contributed by atoms with Crippen LogP contribution < -0.4 is 0 Å². The maximum absolute atomic E-state index is 2.59. The Kier molecular flexibility index (Phi) is 4.08. The molecule has 128 valence electrons. The van der Waals surface area contributed by atoms with E-state index in [1.54, 1.807) is 43.8 Å². The SMILES string of the molecule is CCC1=C([Si](C)(C)C2=C(CC)Cc3ccccc32)c2ccccc2C1. The van der Waals surface area contributed by atoms with E-state index in [-0.39, 0.29) is 0 Å². The molecular weight excluding hydrogens is 316 g/mol. The lowest BCUT2D eigenvalue weighted by atomic mass is 10.1. The highest BCUT2D eigenvalue weighted by Gasteiger charge is 2.40. The molecule has 0 nitrogen and oxygen atoms in total. The van der Waals surface area contributed by atoms with Gasteiger partial charge in [-0.3, -0.25) is 0 Å². The summed E-state index contributed by atoms with van der Waals surface area (Å²) < 4.78 is 0. The van der Waals surface area contributed by atoms with Gasteiger partial charge in [-0.2, -0.15) is 0 Å². The summed E-state index contributed by atoms with van der Waals surface area (Å²) in [7, 11) is -1.75. The highest BCUT2D eigenvalue weighted by atomic mass is 28.3. The van der Waals surface area contributed by atoms with Crippen LogP contribution in [0.4, 0.5) is 0 Å². The molecule has 0 atom stereocenters. The van der Waals surface area contributed by atoms with E-state index in [1.165, 1.54) is 12.8 Å². The molecule has 0 aromatic heterocycles. The molecule has 0 spiro atoms. The number of benzene rings is 2. The number of allylic oxidation sites excluding steroid dienone is 2. The Hall–Kier alpha value is -1.86. The van der Waals surface area contributed by atoms with E-state index in [0.29, 0.717) is 0 Å². The fraction of sp³-hybridized carbons (Fsp3) is 0.333. The zero-order chi connectivity index (χ0) is 17.6. The number of hydrogen-bond donors (Lipinski definition) is 0. The molecule has 0 radical (unpaired) electrons. The third-order valence-electron chi connectivity index (χ3n) is 6.19. The van der Waals surface area contributed by atoms with Crippen LogP contribution in [0.25, 0.3) is 10.4 Å². The number of hydrogen-bond acceptors (Lipinski definition) is 0. The maximum atomic E-state index is 2.59. The summed E-state index contributed by atoms with van der Waals surface area (Å²) in [6.07, 6.45) is 4.68. The van der Waals surface area contributed by atoms with Crippen molar-refractivity contribution in [1.82, 2.24) is 0 Å². The minimum atomic E-state index is -1.75. The van der Waals surface area contributed by atoms with Crippen molar-refractivity contribution in [2.75, 3.05) is 0 Å². The van der Waals surface area contributed by atoms with Crippen molar-refractivity contribution in [1.29, 1.82) is 0 Å². The van der Waals surface area contributed by atoms with Crippen LogP contribution in [0.1, 0.15) is 48.9 Å². The fourth-order valence-electron chi connectivity index (χ4n) is 5.14. The molecule has 0 heterocycles. The van der Waals surface area contributed by atoms with Crippen LogP contribution in [0.3, 0.4) is 0 Å². The van der Waals surface area contributed by atoms with E-state index in [1.807, 2.05) is 0 Å². The van der Waals surface area contributed by atoms with Gasteiger partial charge < -0.3 is 0 Å². The molecule has 2 aliphatic rings. The zero-order valence-electron chi connectivity index (χ0n) is 15.9. The molecule has 0 saturated heterocycles. The van der Waals surface area contributed by atoms with Crippen molar-refractivity contribution in [3.8, 4) is 0 Å². The maximum Gasteiger partial charge on any atom is 0.113 e. The molecule has 0 saturated carbocycles. The molecular formula is C24H28Si. The van der Waals surface area contributed by atoms with Crippen molar-refractivity contribution in [2.24, 2.45) is 0 Å². The predicted octanol–water partition coefficient (Wildman–Crippen LogP) is 6.61. The average molecular weight is 345 g/mol. The minimum Gasteiger partial charge on any atom is -0.0658 e. The molecule has 0 fully saturated rings. The Morgan fingerprint density at radius 2 is 1.08 bits per heavy atom. The topological polar surface area (TPSA) is 0 Å². The van der Waals surface area contributed by atoms with Gasteiger partial charge in [0.1, 0.15) is 8.07 Å². The first-order valence-electron chi connectivity index (χ1n) is 9.69. The Bertz CT molecular complexity index is 822. The van der Waals surface area contributed by atoms with Crippen LogP contribution >= 0.6 is 0 Å². The van der Waals surface area contributed by atoms with Crippen LogP contribution in [-0.4, -0.2) is 8.07 Å². The zero-order valence-corrected chi connectivity index (χ0v) is 16.9. The summed E-state index contributed by atoms with van der Waals surface area (Å²) in [4.78, 5) is 0. The first kappa shape index (κ1) is 16.6. The van der Waals surface area contributed by atoms with E-state index in [2.05, 4.69) is 75.5 Å². The molecule has 2 aromatic carbocycles. The second-order valence-corrected chi connectivity index (χ2v) is 12.2. The molecule has 1 heteroatoms. The first-order chi connectivity index (χ1) is 12.1. The van der Waals surface area contributed by atoms with E-state index in [4.69, 9.17) is 0 Å². The number of fused-ring (bicyclic) bond motifs is 2. The van der Waals surface area contributed by atoms with E-state index in [0.717, 1.165) is 12.8 Å². The van der Waals surface area contributed by atoms with Crippen molar-refractivity contribution < 1.29 is 0 Å². The van der Waals surface area contributed by atoms with Gasteiger partial charge >= 0.3 is 0 Å². The average Bonchev–Trinajstić information content (AvgIpc) is 3.20. The van der Waals surface area contributed by atoms with E-state index >= 15 is 0 Å². The van der Waals surface area contributed by atoms with Crippen LogP contribution in [0.15, 0.2) is 59.7 Å². The highest BCUT2D eigenvalue weighted by molar-refractivity contribution is 7.09. The minimum absolute atomic E-state index is 1.16. The van der Waals surface area contributed by atoms with Gasteiger partial charge in [0.2, 0.25) is 0 Å². The second kappa shape index (κ2) is 6.14. The van der Waals surface area contributed by atoms with Gasteiger partial charge in [0.15, 0.2) is 0 Å². The molecule has 4 rings (SSSR count). The molecule has 0 bridgehead atoms. The number of rotatable bonds is 4. The summed E-state index contributed by atoms with van der Waals surface area (Å²) in [5.74, 6) is 0. The van der Waals surface area contributed by atoms with E-state index in [9.17, 15) is 0 Å². The molecule has 0 N–H and O–H groups in total. The summed E-state index contributed by atoms with van der Waals surface area (Å²) >= 11 is 0. The monoisotopic (exact) mass is 344 g/mol. The van der Waals surface area contributed by atoms with Crippen molar-refractivity contribution in [3.63, 3.8) is 0 Å².